The third-order valence-corrected chi connectivity index (χ3v) is 3.50. The van der Waals surface area contributed by atoms with Crippen molar-refractivity contribution in [2.75, 3.05) is 25.1 Å². The van der Waals surface area contributed by atoms with Crippen molar-refractivity contribution in [1.29, 1.82) is 0 Å². The zero-order valence-electron chi connectivity index (χ0n) is 10.1. The molecule has 1 aromatic rings. The molecule has 0 saturated carbocycles. The molecule has 1 atom stereocenters. The van der Waals surface area contributed by atoms with Crippen LogP contribution in [0.4, 0.5) is 5.13 Å². The Balaban J connectivity index is 1.98. The molecule has 1 saturated heterocycles. The van der Waals surface area contributed by atoms with Gasteiger partial charge in [-0.25, -0.2) is 4.98 Å². The summed E-state index contributed by atoms with van der Waals surface area (Å²) < 4.78 is 5.30. The van der Waals surface area contributed by atoms with E-state index in [4.69, 9.17) is 4.74 Å². The van der Waals surface area contributed by atoms with Gasteiger partial charge in [0.2, 0.25) is 0 Å². The summed E-state index contributed by atoms with van der Waals surface area (Å²) >= 11 is 1.44. The fraction of sp³-hybridized carbons (Fsp3) is 0.636. The Morgan fingerprint density at radius 3 is 3.18 bits per heavy atom. The zero-order chi connectivity index (χ0) is 12.3. The lowest BCUT2D eigenvalue weighted by Gasteiger charge is -2.22. The Bertz CT molecular complexity index is 399. The van der Waals surface area contributed by atoms with Gasteiger partial charge < -0.3 is 15.4 Å². The van der Waals surface area contributed by atoms with E-state index in [9.17, 15) is 4.79 Å². The molecule has 2 N–H and O–H groups in total. The van der Waals surface area contributed by atoms with E-state index in [0.29, 0.717) is 18.9 Å². The number of anilines is 1. The van der Waals surface area contributed by atoms with Crippen molar-refractivity contribution in [3.05, 3.63) is 11.1 Å². The predicted octanol–water partition coefficient (Wildman–Crippen LogP) is 1.48. The quantitative estimate of drug-likeness (QED) is 0.855. The highest BCUT2D eigenvalue weighted by atomic mass is 32.1. The normalized spacial score (nSPS) is 23.6. The number of hydrogen-bond acceptors (Lipinski definition) is 5. The average molecular weight is 255 g/mol. The fourth-order valence-electron chi connectivity index (χ4n) is 1.71. The molecule has 5 nitrogen and oxygen atoms in total. The van der Waals surface area contributed by atoms with Crippen LogP contribution in [0.15, 0.2) is 5.38 Å². The van der Waals surface area contributed by atoms with Gasteiger partial charge >= 0.3 is 0 Å². The summed E-state index contributed by atoms with van der Waals surface area (Å²) in [4.78, 5) is 16.2. The van der Waals surface area contributed by atoms with Gasteiger partial charge in [-0.15, -0.1) is 11.3 Å². The highest BCUT2D eigenvalue weighted by Crippen LogP contribution is 2.20. The van der Waals surface area contributed by atoms with E-state index in [1.54, 1.807) is 5.38 Å². The summed E-state index contributed by atoms with van der Waals surface area (Å²) in [6.45, 7) is 6.08. The molecule has 0 spiro atoms. The summed E-state index contributed by atoms with van der Waals surface area (Å²) in [6, 6.07) is 0. The number of rotatable bonds is 4. The van der Waals surface area contributed by atoms with Crippen LogP contribution in [-0.4, -0.2) is 36.2 Å². The second-order valence-corrected chi connectivity index (χ2v) is 5.24. The number of ether oxygens (including phenoxy) is 1. The van der Waals surface area contributed by atoms with Crippen LogP contribution >= 0.6 is 11.3 Å². The van der Waals surface area contributed by atoms with Crippen molar-refractivity contribution in [1.82, 2.24) is 10.3 Å². The summed E-state index contributed by atoms with van der Waals surface area (Å²) in [5, 5.41) is 8.62. The molecule has 6 heteroatoms. The minimum Gasteiger partial charge on any atom is -0.379 e. The highest BCUT2D eigenvalue weighted by molar-refractivity contribution is 7.13. The second kappa shape index (κ2) is 5.01. The molecule has 0 aromatic carbocycles. The maximum Gasteiger partial charge on any atom is 0.271 e. The second-order valence-electron chi connectivity index (χ2n) is 4.39. The number of thiazole rings is 1. The van der Waals surface area contributed by atoms with Crippen molar-refractivity contribution < 1.29 is 9.53 Å². The Labute approximate surface area is 105 Å². The summed E-state index contributed by atoms with van der Waals surface area (Å²) in [5.74, 6) is -0.126. The summed E-state index contributed by atoms with van der Waals surface area (Å²) in [5.41, 5.74) is 0.220. The third-order valence-electron chi connectivity index (χ3n) is 2.70. The van der Waals surface area contributed by atoms with E-state index in [-0.39, 0.29) is 11.4 Å². The minimum atomic E-state index is -0.251. The molecular formula is C11H17N3O2S. The molecule has 0 bridgehead atoms. The van der Waals surface area contributed by atoms with Crippen LogP contribution in [0, 0.1) is 0 Å². The first-order chi connectivity index (χ1) is 8.13. The zero-order valence-corrected chi connectivity index (χ0v) is 10.9. The van der Waals surface area contributed by atoms with Crippen LogP contribution in [-0.2, 0) is 4.74 Å². The molecule has 2 rings (SSSR count). The van der Waals surface area contributed by atoms with Gasteiger partial charge in [0.1, 0.15) is 5.69 Å². The molecular weight excluding hydrogens is 238 g/mol. The summed E-state index contributed by atoms with van der Waals surface area (Å²) in [6.07, 6.45) is 0.850. The number of amides is 1. The molecule has 17 heavy (non-hydrogen) atoms. The molecule has 1 fully saturated rings. The average Bonchev–Trinajstić information content (AvgIpc) is 2.88. The maximum absolute atomic E-state index is 12.0. The Kier molecular flexibility index (Phi) is 3.63. The number of aromatic nitrogens is 1. The monoisotopic (exact) mass is 255 g/mol. The van der Waals surface area contributed by atoms with Gasteiger partial charge in [-0.2, -0.15) is 0 Å². The van der Waals surface area contributed by atoms with E-state index in [1.807, 2.05) is 13.8 Å². The number of nitrogens with one attached hydrogen (secondary N) is 2. The van der Waals surface area contributed by atoms with Crippen molar-refractivity contribution in [3.63, 3.8) is 0 Å². The maximum atomic E-state index is 12.0. The van der Waals surface area contributed by atoms with E-state index in [2.05, 4.69) is 15.6 Å². The van der Waals surface area contributed by atoms with E-state index < -0.39 is 0 Å². The van der Waals surface area contributed by atoms with Crippen LogP contribution in [0.25, 0.3) is 0 Å². The molecule has 94 valence electrons. The molecule has 0 radical (unpaired) electrons. The van der Waals surface area contributed by atoms with Gasteiger partial charge in [-0.05, 0) is 20.3 Å². The number of hydrogen-bond donors (Lipinski definition) is 2. The van der Waals surface area contributed by atoms with Crippen molar-refractivity contribution in [3.8, 4) is 0 Å². The minimum absolute atomic E-state index is 0.126. The first-order valence-electron chi connectivity index (χ1n) is 5.72. The largest absolute Gasteiger partial charge is 0.379 e. The molecule has 1 aliphatic rings. The first kappa shape index (κ1) is 12.3. The standard InChI is InChI=1S/C11H17N3O2S/c1-3-12-10-13-8(6-17-10)9(15)14-11(2)4-5-16-7-11/h6H,3-5,7H2,1-2H3,(H,12,13)(H,14,15)/t11-/m1/s1. The van der Waals surface area contributed by atoms with Gasteiger partial charge in [-0.1, -0.05) is 0 Å². The molecule has 2 heterocycles. The van der Waals surface area contributed by atoms with Crippen LogP contribution < -0.4 is 10.6 Å². The van der Waals surface area contributed by atoms with Crippen LogP contribution in [0.2, 0.25) is 0 Å². The summed E-state index contributed by atoms with van der Waals surface area (Å²) in [7, 11) is 0. The topological polar surface area (TPSA) is 63.2 Å². The number of carbonyl (C=O) groups excluding carboxylic acids is 1. The van der Waals surface area contributed by atoms with Crippen molar-refractivity contribution >= 4 is 22.4 Å². The lowest BCUT2D eigenvalue weighted by molar-refractivity contribution is 0.0885. The molecule has 1 amide bonds. The van der Waals surface area contributed by atoms with Crippen molar-refractivity contribution in [2.24, 2.45) is 0 Å². The van der Waals surface area contributed by atoms with Crippen LogP contribution in [0.3, 0.4) is 0 Å². The third kappa shape index (κ3) is 2.95. The van der Waals surface area contributed by atoms with E-state index in [1.165, 1.54) is 11.3 Å². The number of nitrogens with zero attached hydrogens (tertiary/aromatic N) is 1. The van der Waals surface area contributed by atoms with E-state index >= 15 is 0 Å². The van der Waals surface area contributed by atoms with Gasteiger partial charge in [0.15, 0.2) is 5.13 Å². The van der Waals surface area contributed by atoms with Crippen LogP contribution in [0.1, 0.15) is 30.8 Å². The van der Waals surface area contributed by atoms with Gasteiger partial charge in [0, 0.05) is 18.5 Å². The lowest BCUT2D eigenvalue weighted by atomic mass is 10.0. The van der Waals surface area contributed by atoms with Gasteiger partial charge in [-0.3, -0.25) is 4.79 Å². The smallest absolute Gasteiger partial charge is 0.271 e. The Morgan fingerprint density at radius 1 is 1.71 bits per heavy atom. The predicted molar refractivity (Wildman–Crippen MR) is 67.6 cm³/mol. The van der Waals surface area contributed by atoms with E-state index in [0.717, 1.165) is 18.1 Å². The molecule has 0 aliphatic carbocycles. The van der Waals surface area contributed by atoms with Gasteiger partial charge in [0.05, 0.1) is 12.1 Å². The first-order valence-corrected chi connectivity index (χ1v) is 6.60. The molecule has 1 aromatic heterocycles. The van der Waals surface area contributed by atoms with Crippen LogP contribution in [0.5, 0.6) is 0 Å². The Hall–Kier alpha value is -1.14. The Morgan fingerprint density at radius 2 is 2.53 bits per heavy atom. The lowest BCUT2D eigenvalue weighted by Crippen LogP contribution is -2.46. The van der Waals surface area contributed by atoms with Gasteiger partial charge in [0.25, 0.3) is 5.91 Å². The molecule has 0 unspecified atom stereocenters. The molecule has 1 aliphatic heterocycles. The SMILES string of the molecule is CCNc1nc(C(=O)N[C@]2(C)CCOC2)cs1. The van der Waals surface area contributed by atoms with Crippen molar-refractivity contribution in [2.45, 2.75) is 25.8 Å². The fourth-order valence-corrected chi connectivity index (χ4v) is 2.48. The number of carbonyl (C=O) groups is 1. The highest BCUT2D eigenvalue weighted by Gasteiger charge is 2.32.